The third kappa shape index (κ3) is 2.14. The van der Waals surface area contributed by atoms with Crippen LogP contribution in [0.5, 0.6) is 0 Å². The van der Waals surface area contributed by atoms with Crippen molar-refractivity contribution in [2.24, 2.45) is 7.05 Å². The van der Waals surface area contributed by atoms with E-state index in [0.717, 1.165) is 19.9 Å². The summed E-state index contributed by atoms with van der Waals surface area (Å²) in [6.45, 7) is 0. The quantitative estimate of drug-likeness (QED) is 0.319. The number of hydrogen-bond acceptors (Lipinski definition) is 5. The number of rotatable bonds is 0. The van der Waals surface area contributed by atoms with Gasteiger partial charge >= 0.3 is 6.09 Å². The third-order valence-electron chi connectivity index (χ3n) is 6.49. The highest BCUT2D eigenvalue weighted by Crippen LogP contribution is 2.40. The molecule has 3 heterocycles. The first-order chi connectivity index (χ1) is 16.5. The molecular weight excluding hydrogens is 436 g/mol. The van der Waals surface area contributed by atoms with Crippen molar-refractivity contribution in [2.45, 2.75) is 0 Å². The fraction of sp³-hybridized carbons (Fsp3) is 0.0385. The predicted octanol–water partition coefficient (Wildman–Crippen LogP) is 5.18. The fourth-order valence-corrected chi connectivity index (χ4v) is 4.98. The molecule has 0 radical (unpaired) electrons. The zero-order valence-corrected chi connectivity index (χ0v) is 17.7. The summed E-state index contributed by atoms with van der Waals surface area (Å²) >= 11 is 0. The van der Waals surface area contributed by atoms with E-state index in [1.165, 1.54) is 7.05 Å². The van der Waals surface area contributed by atoms with Crippen LogP contribution < -0.4 is 11.1 Å². The number of carbonyl (C=O) groups is 1. The molecule has 0 atom stereocenters. The molecule has 164 valence electrons. The fourth-order valence-electron chi connectivity index (χ4n) is 4.98. The van der Waals surface area contributed by atoms with Gasteiger partial charge < -0.3 is 13.9 Å². The lowest BCUT2D eigenvalue weighted by molar-refractivity contribution is 0.198. The Balaban J connectivity index is 1.89. The lowest BCUT2D eigenvalue weighted by Crippen LogP contribution is -2.21. The Morgan fingerprint density at radius 3 is 2.06 bits per heavy atom. The molecule has 0 bridgehead atoms. The number of hydrogen-bond donors (Lipinski definition) is 1. The molecule has 34 heavy (non-hydrogen) atoms. The summed E-state index contributed by atoms with van der Waals surface area (Å²) in [7, 11) is 1.39. The molecule has 0 saturated heterocycles. The molecule has 1 N–H and O–H groups in total. The standard InChI is InChI=1S/C26H14N2O6/c1-27-24(29)19-18-14-8-4-5-9-15(14)28(26(31)32)21(18)23-22(20(19)25(27)30)33-16-10-12-6-2-3-7-13(12)11-17(16)34-23/h2-11H,1H3,(H,31,32). The van der Waals surface area contributed by atoms with Gasteiger partial charge in [-0.2, -0.15) is 0 Å². The third-order valence-corrected chi connectivity index (χ3v) is 6.49. The normalized spacial score (nSPS) is 12.1. The van der Waals surface area contributed by atoms with Crippen molar-refractivity contribution >= 4 is 71.8 Å². The minimum Gasteiger partial charge on any atom is -0.464 e. The first kappa shape index (κ1) is 18.7. The highest BCUT2D eigenvalue weighted by Gasteiger charge is 2.28. The second kappa shape index (κ2) is 6.14. The predicted molar refractivity (Wildman–Crippen MR) is 129 cm³/mol. The van der Waals surface area contributed by atoms with Crippen LogP contribution in [0, 0.1) is 0 Å². The van der Waals surface area contributed by atoms with Crippen LogP contribution in [0.4, 0.5) is 4.79 Å². The monoisotopic (exact) mass is 450 g/mol. The molecule has 0 spiro atoms. The lowest BCUT2D eigenvalue weighted by atomic mass is 10.1. The van der Waals surface area contributed by atoms with Crippen LogP contribution in [0.3, 0.4) is 0 Å². The van der Waals surface area contributed by atoms with E-state index in [2.05, 4.69) is 0 Å². The van der Waals surface area contributed by atoms with Gasteiger partial charge in [0, 0.05) is 17.8 Å². The highest BCUT2D eigenvalue weighted by molar-refractivity contribution is 6.31. The van der Waals surface area contributed by atoms with Gasteiger partial charge in [0.25, 0.3) is 11.1 Å². The van der Waals surface area contributed by atoms with Gasteiger partial charge in [-0.3, -0.25) is 14.2 Å². The number of aromatic nitrogens is 2. The van der Waals surface area contributed by atoms with Crippen LogP contribution in [0.15, 0.2) is 79.1 Å². The van der Waals surface area contributed by atoms with Gasteiger partial charge in [0.15, 0.2) is 22.3 Å². The van der Waals surface area contributed by atoms with Crippen molar-refractivity contribution in [3.8, 4) is 0 Å². The van der Waals surface area contributed by atoms with E-state index < -0.39 is 17.2 Å². The van der Waals surface area contributed by atoms with E-state index in [4.69, 9.17) is 8.83 Å². The Bertz CT molecular complexity index is 2160. The minimum atomic E-state index is -1.24. The van der Waals surface area contributed by atoms with E-state index in [1.807, 2.05) is 24.3 Å². The molecule has 7 rings (SSSR count). The summed E-state index contributed by atoms with van der Waals surface area (Å²) in [4.78, 5) is 38.8. The van der Waals surface area contributed by atoms with Crippen molar-refractivity contribution in [1.82, 2.24) is 9.13 Å². The Labute approximate surface area is 188 Å². The summed E-state index contributed by atoms with van der Waals surface area (Å²) in [5.41, 5.74) is 0.387. The number of fused-ring (bicyclic) bond motifs is 10. The van der Waals surface area contributed by atoms with Crippen LogP contribution in [0.2, 0.25) is 0 Å². The van der Waals surface area contributed by atoms with Gasteiger partial charge in [0.2, 0.25) is 0 Å². The minimum absolute atomic E-state index is 0.0401. The largest absolute Gasteiger partial charge is 0.464 e. The van der Waals surface area contributed by atoms with Gasteiger partial charge in [0.1, 0.15) is 10.9 Å². The van der Waals surface area contributed by atoms with Crippen molar-refractivity contribution in [3.63, 3.8) is 0 Å². The zero-order valence-electron chi connectivity index (χ0n) is 17.7. The number of carboxylic acid groups (broad SMARTS) is 1. The second-order valence-corrected chi connectivity index (χ2v) is 8.29. The van der Waals surface area contributed by atoms with Gasteiger partial charge in [0.05, 0.1) is 10.9 Å². The number of benzene rings is 4. The lowest BCUT2D eigenvalue weighted by Gasteiger charge is -2.07. The Kier molecular flexibility index (Phi) is 3.37. The van der Waals surface area contributed by atoms with Crippen molar-refractivity contribution in [1.29, 1.82) is 0 Å². The van der Waals surface area contributed by atoms with Gasteiger partial charge in [-0.15, -0.1) is 0 Å². The van der Waals surface area contributed by atoms with E-state index >= 15 is 0 Å². The SMILES string of the molecule is Cn1c(=O)c2c3oc4cc5ccccc5cc4oc3c3c(c4ccccc4n3C(=O)O)c2c1=O. The summed E-state index contributed by atoms with van der Waals surface area (Å²) < 4.78 is 14.6. The Hall–Kier alpha value is -4.85. The van der Waals surface area contributed by atoms with Crippen LogP contribution in [-0.4, -0.2) is 20.3 Å². The molecule has 0 amide bonds. The van der Waals surface area contributed by atoms with E-state index in [9.17, 15) is 19.5 Å². The van der Waals surface area contributed by atoms with Crippen LogP contribution in [0.25, 0.3) is 65.7 Å². The summed E-state index contributed by atoms with van der Waals surface area (Å²) in [6, 6.07) is 18.1. The number of para-hydroxylation sites is 1. The molecule has 0 aliphatic rings. The van der Waals surface area contributed by atoms with Crippen LogP contribution >= 0.6 is 0 Å². The maximum absolute atomic E-state index is 13.2. The van der Waals surface area contributed by atoms with E-state index in [1.54, 1.807) is 36.4 Å². The molecule has 0 unspecified atom stereocenters. The van der Waals surface area contributed by atoms with Crippen LogP contribution in [-0.2, 0) is 7.05 Å². The average molecular weight is 450 g/mol. The molecule has 4 aromatic carbocycles. The smallest absolute Gasteiger partial charge is 0.416 e. The zero-order chi connectivity index (χ0) is 23.3. The Morgan fingerprint density at radius 2 is 1.38 bits per heavy atom. The molecule has 0 fully saturated rings. The van der Waals surface area contributed by atoms with E-state index in [-0.39, 0.29) is 27.5 Å². The maximum Gasteiger partial charge on any atom is 0.416 e. The summed E-state index contributed by atoms with van der Waals surface area (Å²) in [5, 5.41) is 13.0. The average Bonchev–Trinajstić information content (AvgIpc) is 3.30. The van der Waals surface area contributed by atoms with Gasteiger partial charge in [-0.25, -0.2) is 9.36 Å². The summed E-state index contributed by atoms with van der Waals surface area (Å²) in [6.07, 6.45) is -1.24. The van der Waals surface area contributed by atoms with Crippen LogP contribution in [0.1, 0.15) is 0 Å². The molecule has 3 aromatic heterocycles. The second-order valence-electron chi connectivity index (χ2n) is 8.29. The maximum atomic E-state index is 13.2. The van der Waals surface area contributed by atoms with Crippen molar-refractivity contribution in [3.05, 3.63) is 81.4 Å². The topological polar surface area (TPSA) is 108 Å². The molecule has 0 aliphatic carbocycles. The first-order valence-corrected chi connectivity index (χ1v) is 10.5. The van der Waals surface area contributed by atoms with Crippen molar-refractivity contribution in [2.75, 3.05) is 0 Å². The molecule has 8 heteroatoms. The molecule has 0 saturated carbocycles. The number of nitrogens with zero attached hydrogens (tertiary/aromatic N) is 2. The first-order valence-electron chi connectivity index (χ1n) is 10.5. The van der Waals surface area contributed by atoms with E-state index in [0.29, 0.717) is 27.5 Å². The van der Waals surface area contributed by atoms with Gasteiger partial charge in [-0.1, -0.05) is 42.5 Å². The molecular formula is C26H14N2O6. The molecule has 0 aliphatic heterocycles. The highest BCUT2D eigenvalue weighted by atomic mass is 16.4. The molecule has 7 aromatic rings. The molecule has 8 nitrogen and oxygen atoms in total. The summed E-state index contributed by atoms with van der Waals surface area (Å²) in [5.74, 6) is 0. The van der Waals surface area contributed by atoms with Crippen molar-refractivity contribution < 1.29 is 18.7 Å². The van der Waals surface area contributed by atoms with Gasteiger partial charge in [-0.05, 0) is 29.0 Å². The Morgan fingerprint density at radius 1 is 0.794 bits per heavy atom.